The van der Waals surface area contributed by atoms with Crippen LogP contribution in [-0.4, -0.2) is 18.1 Å². The summed E-state index contributed by atoms with van der Waals surface area (Å²) in [6.45, 7) is 8.53. The summed E-state index contributed by atoms with van der Waals surface area (Å²) in [7, 11) is 0. The molecule has 3 heteroatoms. The van der Waals surface area contributed by atoms with Crippen molar-refractivity contribution in [1.29, 1.82) is 5.26 Å². The fourth-order valence-electron chi connectivity index (χ4n) is 2.48. The van der Waals surface area contributed by atoms with Gasteiger partial charge in [0.15, 0.2) is 0 Å². The number of anilines is 1. The number of hydrogen-bond donors (Lipinski definition) is 0. The van der Waals surface area contributed by atoms with Gasteiger partial charge in [0, 0.05) is 24.2 Å². The number of hydrogen-bond acceptors (Lipinski definition) is 3. The Labute approximate surface area is 116 Å². The molecule has 1 fully saturated rings. The first-order chi connectivity index (χ1) is 9.02. The third kappa shape index (κ3) is 3.26. The smallest absolute Gasteiger partial charge is 0.146 e. The molecule has 0 saturated carbocycles. The first-order valence-electron chi connectivity index (χ1n) is 7.19. The van der Waals surface area contributed by atoms with Crippen molar-refractivity contribution in [2.45, 2.75) is 51.9 Å². The molecule has 102 valence electrons. The molecule has 2 rings (SSSR count). The lowest BCUT2D eigenvalue weighted by Gasteiger charge is -2.25. The molecular weight excluding hydrogens is 234 g/mol. The van der Waals surface area contributed by atoms with Crippen molar-refractivity contribution in [3.05, 3.63) is 23.4 Å². The third-order valence-corrected chi connectivity index (χ3v) is 3.67. The van der Waals surface area contributed by atoms with Crippen LogP contribution in [0.25, 0.3) is 0 Å². The van der Waals surface area contributed by atoms with Gasteiger partial charge in [-0.25, -0.2) is 4.98 Å². The van der Waals surface area contributed by atoms with Crippen molar-refractivity contribution >= 4 is 5.82 Å². The minimum Gasteiger partial charge on any atom is -0.356 e. The third-order valence-electron chi connectivity index (χ3n) is 3.67. The van der Waals surface area contributed by atoms with Crippen LogP contribution in [-0.2, 0) is 5.41 Å². The van der Waals surface area contributed by atoms with Gasteiger partial charge in [0.05, 0.1) is 5.56 Å². The Bertz CT molecular complexity index is 472. The number of pyridine rings is 1. The average Bonchev–Trinajstić information content (AvgIpc) is 2.65. The standard InChI is InChI=1S/C16H23N3/c1-16(2,3)14-9-8-13(12-17)15(18-14)19-10-6-4-5-7-11-19/h8-9H,4-7,10-11H2,1-3H3. The second-order valence-electron chi connectivity index (χ2n) is 6.33. The number of aromatic nitrogens is 1. The molecule has 0 radical (unpaired) electrons. The molecule has 0 bridgehead atoms. The van der Waals surface area contributed by atoms with Gasteiger partial charge in [-0.15, -0.1) is 0 Å². The molecule has 0 spiro atoms. The Morgan fingerprint density at radius 3 is 2.26 bits per heavy atom. The second kappa shape index (κ2) is 5.61. The maximum Gasteiger partial charge on any atom is 0.146 e. The van der Waals surface area contributed by atoms with Gasteiger partial charge in [0.1, 0.15) is 11.9 Å². The van der Waals surface area contributed by atoms with Crippen LogP contribution < -0.4 is 4.90 Å². The maximum atomic E-state index is 9.30. The summed E-state index contributed by atoms with van der Waals surface area (Å²) in [5.74, 6) is 0.886. The maximum absolute atomic E-state index is 9.30. The van der Waals surface area contributed by atoms with Gasteiger partial charge in [-0.2, -0.15) is 5.26 Å². The first kappa shape index (κ1) is 13.9. The summed E-state index contributed by atoms with van der Waals surface area (Å²) in [6.07, 6.45) is 4.98. The van der Waals surface area contributed by atoms with E-state index in [9.17, 15) is 5.26 Å². The molecule has 0 aliphatic carbocycles. The van der Waals surface area contributed by atoms with Crippen LogP contribution >= 0.6 is 0 Å². The molecule has 0 amide bonds. The molecule has 1 aliphatic rings. The molecule has 2 heterocycles. The fraction of sp³-hybridized carbons (Fsp3) is 0.625. The monoisotopic (exact) mass is 257 g/mol. The zero-order valence-electron chi connectivity index (χ0n) is 12.2. The van der Waals surface area contributed by atoms with Gasteiger partial charge in [-0.3, -0.25) is 0 Å². The summed E-state index contributed by atoms with van der Waals surface area (Å²) in [5.41, 5.74) is 1.79. The Morgan fingerprint density at radius 2 is 1.74 bits per heavy atom. The normalized spacial score (nSPS) is 16.8. The highest BCUT2D eigenvalue weighted by atomic mass is 15.2. The lowest BCUT2D eigenvalue weighted by atomic mass is 9.91. The van der Waals surface area contributed by atoms with Crippen LogP contribution in [0.3, 0.4) is 0 Å². The molecule has 3 nitrogen and oxygen atoms in total. The Hall–Kier alpha value is -1.56. The number of rotatable bonds is 1. The van der Waals surface area contributed by atoms with Crippen LogP contribution in [0.15, 0.2) is 12.1 Å². The molecule has 1 aromatic rings. The van der Waals surface area contributed by atoms with Crippen molar-refractivity contribution in [3.8, 4) is 6.07 Å². The van der Waals surface area contributed by atoms with Crippen molar-refractivity contribution in [2.75, 3.05) is 18.0 Å². The highest BCUT2D eigenvalue weighted by Crippen LogP contribution is 2.26. The lowest BCUT2D eigenvalue weighted by Crippen LogP contribution is -2.27. The van der Waals surface area contributed by atoms with Crippen LogP contribution in [0.4, 0.5) is 5.82 Å². The van der Waals surface area contributed by atoms with Gasteiger partial charge < -0.3 is 4.90 Å². The van der Waals surface area contributed by atoms with Gasteiger partial charge in [0.2, 0.25) is 0 Å². The van der Waals surface area contributed by atoms with E-state index in [0.29, 0.717) is 5.56 Å². The average molecular weight is 257 g/mol. The molecule has 1 saturated heterocycles. The summed E-state index contributed by atoms with van der Waals surface area (Å²) >= 11 is 0. The van der Waals surface area contributed by atoms with E-state index in [0.717, 1.165) is 24.6 Å². The predicted octanol–water partition coefficient (Wildman–Crippen LogP) is 3.63. The highest BCUT2D eigenvalue weighted by Gasteiger charge is 2.20. The fourth-order valence-corrected chi connectivity index (χ4v) is 2.48. The van der Waals surface area contributed by atoms with Gasteiger partial charge in [0.25, 0.3) is 0 Å². The van der Waals surface area contributed by atoms with E-state index in [-0.39, 0.29) is 5.41 Å². The molecule has 0 unspecified atom stereocenters. The zero-order valence-corrected chi connectivity index (χ0v) is 12.2. The van der Waals surface area contributed by atoms with Gasteiger partial charge in [-0.05, 0) is 25.0 Å². The molecule has 0 aromatic carbocycles. The zero-order chi connectivity index (χ0) is 13.9. The molecular formula is C16H23N3. The van der Waals surface area contributed by atoms with Crippen molar-refractivity contribution < 1.29 is 0 Å². The molecule has 19 heavy (non-hydrogen) atoms. The first-order valence-corrected chi connectivity index (χ1v) is 7.19. The SMILES string of the molecule is CC(C)(C)c1ccc(C#N)c(N2CCCCCC2)n1. The minimum atomic E-state index is 0.0224. The Kier molecular flexibility index (Phi) is 4.09. The Balaban J connectivity index is 2.38. The van der Waals surface area contributed by atoms with E-state index in [1.54, 1.807) is 0 Å². The summed E-state index contributed by atoms with van der Waals surface area (Å²) in [6, 6.07) is 6.20. The topological polar surface area (TPSA) is 39.9 Å². The highest BCUT2D eigenvalue weighted by molar-refractivity contribution is 5.55. The van der Waals surface area contributed by atoms with Crippen molar-refractivity contribution in [1.82, 2.24) is 4.98 Å². The summed E-state index contributed by atoms with van der Waals surface area (Å²) in [5, 5.41) is 9.30. The van der Waals surface area contributed by atoms with E-state index in [2.05, 4.69) is 31.7 Å². The molecule has 1 aliphatic heterocycles. The quantitative estimate of drug-likeness (QED) is 0.771. The largest absolute Gasteiger partial charge is 0.356 e. The van der Waals surface area contributed by atoms with E-state index in [1.165, 1.54) is 25.7 Å². The van der Waals surface area contributed by atoms with Crippen LogP contribution in [0.2, 0.25) is 0 Å². The lowest BCUT2D eigenvalue weighted by molar-refractivity contribution is 0.567. The number of nitriles is 1. The molecule has 0 N–H and O–H groups in total. The van der Waals surface area contributed by atoms with Gasteiger partial charge >= 0.3 is 0 Å². The van der Waals surface area contributed by atoms with E-state index in [4.69, 9.17) is 4.98 Å². The van der Waals surface area contributed by atoms with Gasteiger partial charge in [-0.1, -0.05) is 33.6 Å². The summed E-state index contributed by atoms with van der Waals surface area (Å²) < 4.78 is 0. The van der Waals surface area contributed by atoms with E-state index >= 15 is 0 Å². The molecule has 1 aromatic heterocycles. The van der Waals surface area contributed by atoms with Crippen LogP contribution in [0.5, 0.6) is 0 Å². The Morgan fingerprint density at radius 1 is 1.11 bits per heavy atom. The van der Waals surface area contributed by atoms with E-state index < -0.39 is 0 Å². The van der Waals surface area contributed by atoms with Crippen molar-refractivity contribution in [2.24, 2.45) is 0 Å². The van der Waals surface area contributed by atoms with E-state index in [1.807, 2.05) is 12.1 Å². The van der Waals surface area contributed by atoms with Crippen molar-refractivity contribution in [3.63, 3.8) is 0 Å². The van der Waals surface area contributed by atoms with Crippen LogP contribution in [0, 0.1) is 11.3 Å². The van der Waals surface area contributed by atoms with Crippen LogP contribution in [0.1, 0.15) is 57.7 Å². The number of nitrogens with zero attached hydrogens (tertiary/aromatic N) is 3. The second-order valence-corrected chi connectivity index (χ2v) is 6.33. The predicted molar refractivity (Wildman–Crippen MR) is 78.3 cm³/mol. The minimum absolute atomic E-state index is 0.0224. The molecule has 0 atom stereocenters. The summed E-state index contributed by atoms with van der Waals surface area (Å²) in [4.78, 5) is 7.08.